The first kappa shape index (κ1) is 15.2. The minimum atomic E-state index is -0.285. The highest BCUT2D eigenvalue weighted by Gasteiger charge is 2.00. The molecule has 0 saturated heterocycles. The number of benzene rings is 1. The number of ether oxygens (including phenoxy) is 1. The Morgan fingerprint density at radius 1 is 1.37 bits per heavy atom. The topological polar surface area (TPSA) is 47.6 Å². The van der Waals surface area contributed by atoms with Gasteiger partial charge in [0.25, 0.3) is 5.91 Å². The fourth-order valence-electron chi connectivity index (χ4n) is 1.38. The van der Waals surface area contributed by atoms with E-state index < -0.39 is 0 Å². The Kier molecular flexibility index (Phi) is 6.68. The quantitative estimate of drug-likeness (QED) is 0.608. The molecule has 0 fully saturated rings. The van der Waals surface area contributed by atoms with E-state index in [-0.39, 0.29) is 5.91 Å². The molecule has 104 valence electrons. The van der Waals surface area contributed by atoms with Crippen molar-refractivity contribution < 1.29 is 14.4 Å². The lowest BCUT2D eigenvalue weighted by atomic mass is 10.2. The van der Waals surface area contributed by atoms with E-state index in [0.717, 1.165) is 11.3 Å². The van der Waals surface area contributed by atoms with Gasteiger partial charge in [0.1, 0.15) is 5.75 Å². The molecule has 0 aromatic heterocycles. The van der Waals surface area contributed by atoms with E-state index in [1.165, 1.54) is 6.08 Å². The molecule has 1 rings (SSSR count). The van der Waals surface area contributed by atoms with Gasteiger partial charge in [-0.3, -0.25) is 9.63 Å². The summed E-state index contributed by atoms with van der Waals surface area (Å²) in [7, 11) is 0. The zero-order valence-electron chi connectivity index (χ0n) is 11.7. The molecule has 1 amide bonds. The number of amides is 1. The summed E-state index contributed by atoms with van der Waals surface area (Å²) in [6, 6.07) is 7.56. The van der Waals surface area contributed by atoms with Gasteiger partial charge in [0.15, 0.2) is 0 Å². The number of hydroxylamine groups is 1. The van der Waals surface area contributed by atoms with Crippen molar-refractivity contribution in [2.75, 3.05) is 13.2 Å². The second-order valence-electron chi connectivity index (χ2n) is 4.48. The highest BCUT2D eigenvalue weighted by molar-refractivity contribution is 5.91. The molecule has 0 atom stereocenters. The SMILES string of the molecule is CCOc1ccccc1/C=C/C(=O)NOCC(C)C. The Morgan fingerprint density at radius 2 is 2.11 bits per heavy atom. The summed E-state index contributed by atoms with van der Waals surface area (Å²) in [6.07, 6.45) is 3.14. The number of carbonyl (C=O) groups is 1. The predicted octanol–water partition coefficient (Wildman–Crippen LogP) is 2.80. The van der Waals surface area contributed by atoms with Gasteiger partial charge in [0.2, 0.25) is 0 Å². The second kappa shape index (κ2) is 8.32. The van der Waals surface area contributed by atoms with E-state index in [9.17, 15) is 4.79 Å². The van der Waals surface area contributed by atoms with Crippen LogP contribution in [0.25, 0.3) is 6.08 Å². The molecular formula is C15H21NO3. The van der Waals surface area contributed by atoms with E-state index >= 15 is 0 Å². The third kappa shape index (κ3) is 6.06. The number of hydrogen-bond acceptors (Lipinski definition) is 3. The zero-order chi connectivity index (χ0) is 14.1. The summed E-state index contributed by atoms with van der Waals surface area (Å²) in [5.74, 6) is 0.854. The Bertz CT molecular complexity index is 427. The van der Waals surface area contributed by atoms with Gasteiger partial charge < -0.3 is 4.74 Å². The first-order valence-electron chi connectivity index (χ1n) is 6.45. The number of carbonyl (C=O) groups excluding carboxylic acids is 1. The van der Waals surface area contributed by atoms with Crippen LogP contribution in [0.4, 0.5) is 0 Å². The lowest BCUT2D eigenvalue weighted by molar-refractivity contribution is -0.129. The molecule has 0 radical (unpaired) electrons. The van der Waals surface area contributed by atoms with Gasteiger partial charge in [-0.25, -0.2) is 5.48 Å². The fourth-order valence-corrected chi connectivity index (χ4v) is 1.38. The fraction of sp³-hybridized carbons (Fsp3) is 0.400. The van der Waals surface area contributed by atoms with Gasteiger partial charge in [-0.05, 0) is 25.0 Å². The first-order valence-corrected chi connectivity index (χ1v) is 6.45. The Labute approximate surface area is 114 Å². The Balaban J connectivity index is 2.53. The summed E-state index contributed by atoms with van der Waals surface area (Å²) in [5.41, 5.74) is 3.23. The third-order valence-electron chi connectivity index (χ3n) is 2.22. The lowest BCUT2D eigenvalue weighted by Gasteiger charge is -2.07. The molecule has 0 heterocycles. The summed E-state index contributed by atoms with van der Waals surface area (Å²) in [6.45, 7) is 7.04. The number of para-hydroxylation sites is 1. The largest absolute Gasteiger partial charge is 0.493 e. The summed E-state index contributed by atoms with van der Waals surface area (Å²) < 4.78 is 5.47. The third-order valence-corrected chi connectivity index (χ3v) is 2.22. The molecule has 0 bridgehead atoms. The molecule has 0 aliphatic rings. The van der Waals surface area contributed by atoms with E-state index in [1.807, 2.05) is 45.0 Å². The smallest absolute Gasteiger partial charge is 0.267 e. The van der Waals surface area contributed by atoms with Crippen molar-refractivity contribution in [1.29, 1.82) is 0 Å². The predicted molar refractivity (Wildman–Crippen MR) is 75.6 cm³/mol. The highest BCUT2D eigenvalue weighted by Crippen LogP contribution is 2.19. The zero-order valence-corrected chi connectivity index (χ0v) is 11.7. The van der Waals surface area contributed by atoms with Crippen LogP contribution in [0.5, 0.6) is 5.75 Å². The monoisotopic (exact) mass is 263 g/mol. The lowest BCUT2D eigenvalue weighted by Crippen LogP contribution is -2.23. The standard InChI is InChI=1S/C15H21NO3/c1-4-18-14-8-6-5-7-13(14)9-10-15(17)16-19-11-12(2)3/h5-10,12H,4,11H2,1-3H3,(H,16,17)/b10-9+. The average Bonchev–Trinajstić information content (AvgIpc) is 2.37. The normalized spacial score (nSPS) is 10.9. The molecule has 4 nitrogen and oxygen atoms in total. The van der Waals surface area contributed by atoms with Crippen LogP contribution in [0.1, 0.15) is 26.3 Å². The van der Waals surface area contributed by atoms with Crippen LogP contribution in [0.3, 0.4) is 0 Å². The van der Waals surface area contributed by atoms with E-state index in [2.05, 4.69) is 5.48 Å². The molecule has 1 aromatic rings. The summed E-state index contributed by atoms with van der Waals surface area (Å²) in [4.78, 5) is 16.5. The molecular weight excluding hydrogens is 242 g/mol. The number of nitrogens with one attached hydrogen (secondary N) is 1. The molecule has 0 unspecified atom stereocenters. The maximum atomic E-state index is 11.5. The molecule has 1 aromatic carbocycles. The van der Waals surface area contributed by atoms with Gasteiger partial charge in [-0.2, -0.15) is 0 Å². The van der Waals surface area contributed by atoms with Crippen LogP contribution < -0.4 is 10.2 Å². The molecule has 1 N–H and O–H groups in total. The van der Waals surface area contributed by atoms with E-state index in [0.29, 0.717) is 19.1 Å². The molecule has 0 spiro atoms. The Morgan fingerprint density at radius 3 is 2.79 bits per heavy atom. The molecule has 0 aliphatic heterocycles. The van der Waals surface area contributed by atoms with Gasteiger partial charge in [0.05, 0.1) is 13.2 Å². The van der Waals surface area contributed by atoms with Crippen molar-refractivity contribution in [3.05, 3.63) is 35.9 Å². The van der Waals surface area contributed by atoms with Crippen molar-refractivity contribution in [3.63, 3.8) is 0 Å². The van der Waals surface area contributed by atoms with Crippen molar-refractivity contribution >= 4 is 12.0 Å². The maximum Gasteiger partial charge on any atom is 0.267 e. The summed E-state index contributed by atoms with van der Waals surface area (Å²) in [5, 5.41) is 0. The van der Waals surface area contributed by atoms with Gasteiger partial charge in [-0.1, -0.05) is 32.0 Å². The minimum Gasteiger partial charge on any atom is -0.493 e. The van der Waals surface area contributed by atoms with Crippen LogP contribution in [0.2, 0.25) is 0 Å². The van der Waals surface area contributed by atoms with Crippen LogP contribution in [0, 0.1) is 5.92 Å². The van der Waals surface area contributed by atoms with Gasteiger partial charge in [-0.15, -0.1) is 0 Å². The molecule has 4 heteroatoms. The first-order chi connectivity index (χ1) is 9.13. The van der Waals surface area contributed by atoms with E-state index in [1.54, 1.807) is 6.08 Å². The van der Waals surface area contributed by atoms with Crippen molar-refractivity contribution in [3.8, 4) is 5.75 Å². The maximum absolute atomic E-state index is 11.5. The van der Waals surface area contributed by atoms with Crippen LogP contribution in [-0.2, 0) is 9.63 Å². The van der Waals surface area contributed by atoms with Crippen LogP contribution in [0.15, 0.2) is 30.3 Å². The molecule has 19 heavy (non-hydrogen) atoms. The van der Waals surface area contributed by atoms with Crippen molar-refractivity contribution in [2.45, 2.75) is 20.8 Å². The average molecular weight is 263 g/mol. The Hall–Kier alpha value is -1.81. The van der Waals surface area contributed by atoms with Crippen molar-refractivity contribution in [2.24, 2.45) is 5.92 Å². The van der Waals surface area contributed by atoms with Crippen LogP contribution in [-0.4, -0.2) is 19.1 Å². The molecule has 0 aliphatic carbocycles. The second-order valence-corrected chi connectivity index (χ2v) is 4.48. The van der Waals surface area contributed by atoms with Gasteiger partial charge >= 0.3 is 0 Å². The highest BCUT2D eigenvalue weighted by atomic mass is 16.6. The van der Waals surface area contributed by atoms with Crippen LogP contribution >= 0.6 is 0 Å². The van der Waals surface area contributed by atoms with Gasteiger partial charge in [0, 0.05) is 11.6 Å². The number of rotatable bonds is 7. The van der Waals surface area contributed by atoms with E-state index in [4.69, 9.17) is 9.57 Å². The summed E-state index contributed by atoms with van der Waals surface area (Å²) >= 11 is 0. The molecule has 0 saturated carbocycles. The minimum absolute atomic E-state index is 0.285. The van der Waals surface area contributed by atoms with Crippen molar-refractivity contribution in [1.82, 2.24) is 5.48 Å². The number of hydrogen-bond donors (Lipinski definition) is 1.